The second-order valence-corrected chi connectivity index (χ2v) is 4.73. The first-order valence-electron chi connectivity index (χ1n) is 6.84. The van der Waals surface area contributed by atoms with Crippen LogP contribution in [0.4, 0.5) is 0 Å². The summed E-state index contributed by atoms with van der Waals surface area (Å²) in [7, 11) is 3.42. The van der Waals surface area contributed by atoms with Gasteiger partial charge in [-0.05, 0) is 6.42 Å². The summed E-state index contributed by atoms with van der Waals surface area (Å²) in [5, 5.41) is 0. The van der Waals surface area contributed by atoms with Gasteiger partial charge in [-0.3, -0.25) is 4.79 Å². The van der Waals surface area contributed by atoms with Crippen LogP contribution in [-0.2, 0) is 4.74 Å². The summed E-state index contributed by atoms with van der Waals surface area (Å²) in [4.78, 5) is 22.4. The van der Waals surface area contributed by atoms with Crippen LogP contribution in [-0.4, -0.2) is 48.1 Å². The molecular formula is C16H19N3O2. The minimum Gasteiger partial charge on any atom is -0.385 e. The molecule has 0 atom stereocenters. The molecule has 0 aliphatic rings. The van der Waals surface area contributed by atoms with Crippen LogP contribution in [0.3, 0.4) is 0 Å². The summed E-state index contributed by atoms with van der Waals surface area (Å²) in [5.74, 6) is 0.542. The Balaban J connectivity index is 2.03. The highest BCUT2D eigenvalue weighted by atomic mass is 16.5. The third kappa shape index (κ3) is 4.10. The highest BCUT2D eigenvalue weighted by Gasteiger charge is 2.12. The molecular weight excluding hydrogens is 266 g/mol. The molecule has 0 aliphatic carbocycles. The largest absolute Gasteiger partial charge is 0.385 e. The van der Waals surface area contributed by atoms with Crippen molar-refractivity contribution in [3.8, 4) is 11.4 Å². The topological polar surface area (TPSA) is 55.3 Å². The van der Waals surface area contributed by atoms with E-state index in [-0.39, 0.29) is 5.91 Å². The molecule has 0 spiro atoms. The van der Waals surface area contributed by atoms with Crippen LogP contribution < -0.4 is 0 Å². The van der Waals surface area contributed by atoms with Crippen LogP contribution in [0.1, 0.15) is 16.8 Å². The van der Waals surface area contributed by atoms with Crippen LogP contribution in [0.15, 0.2) is 42.7 Å². The Labute approximate surface area is 124 Å². The monoisotopic (exact) mass is 285 g/mol. The van der Waals surface area contributed by atoms with Crippen LogP contribution >= 0.6 is 0 Å². The van der Waals surface area contributed by atoms with E-state index in [9.17, 15) is 4.79 Å². The smallest absolute Gasteiger partial charge is 0.256 e. The molecule has 2 aromatic rings. The fourth-order valence-electron chi connectivity index (χ4n) is 1.94. The van der Waals surface area contributed by atoms with E-state index in [2.05, 4.69) is 9.97 Å². The second kappa shape index (κ2) is 7.50. The van der Waals surface area contributed by atoms with Crippen molar-refractivity contribution >= 4 is 5.91 Å². The Hall–Kier alpha value is -2.27. The van der Waals surface area contributed by atoms with Crippen molar-refractivity contribution in [2.75, 3.05) is 27.3 Å². The SMILES string of the molecule is COCCCN(C)C(=O)c1cnc(-c2ccccc2)nc1. The summed E-state index contributed by atoms with van der Waals surface area (Å²) >= 11 is 0. The zero-order valence-electron chi connectivity index (χ0n) is 12.3. The van der Waals surface area contributed by atoms with Crippen LogP contribution in [0, 0.1) is 0 Å². The normalized spacial score (nSPS) is 10.4. The molecule has 5 nitrogen and oxygen atoms in total. The molecule has 1 heterocycles. The molecule has 0 unspecified atom stereocenters. The average Bonchev–Trinajstić information content (AvgIpc) is 2.55. The second-order valence-electron chi connectivity index (χ2n) is 4.73. The Morgan fingerprint density at radius 2 is 1.86 bits per heavy atom. The number of amides is 1. The lowest BCUT2D eigenvalue weighted by Crippen LogP contribution is -2.28. The molecule has 2 rings (SSSR count). The number of ether oxygens (including phenoxy) is 1. The van der Waals surface area contributed by atoms with Crippen molar-refractivity contribution in [1.82, 2.24) is 14.9 Å². The van der Waals surface area contributed by atoms with E-state index in [1.807, 2.05) is 30.3 Å². The van der Waals surface area contributed by atoms with Gasteiger partial charge in [0.05, 0.1) is 5.56 Å². The molecule has 5 heteroatoms. The Kier molecular flexibility index (Phi) is 5.40. The number of benzene rings is 1. The predicted octanol–water partition coefficient (Wildman–Crippen LogP) is 2.25. The lowest BCUT2D eigenvalue weighted by atomic mass is 10.2. The quantitative estimate of drug-likeness (QED) is 0.764. The van der Waals surface area contributed by atoms with Gasteiger partial charge >= 0.3 is 0 Å². The van der Waals surface area contributed by atoms with Gasteiger partial charge in [0.2, 0.25) is 0 Å². The molecule has 21 heavy (non-hydrogen) atoms. The molecule has 0 radical (unpaired) electrons. The van der Waals surface area contributed by atoms with Gasteiger partial charge in [0.15, 0.2) is 5.82 Å². The summed E-state index contributed by atoms with van der Waals surface area (Å²) in [6, 6.07) is 9.68. The van der Waals surface area contributed by atoms with Crippen LogP contribution in [0.2, 0.25) is 0 Å². The maximum Gasteiger partial charge on any atom is 0.256 e. The Morgan fingerprint density at radius 3 is 2.48 bits per heavy atom. The van der Waals surface area contributed by atoms with Crippen LogP contribution in [0.5, 0.6) is 0 Å². The lowest BCUT2D eigenvalue weighted by molar-refractivity contribution is 0.0778. The minimum absolute atomic E-state index is 0.0780. The van der Waals surface area contributed by atoms with E-state index >= 15 is 0 Å². The van der Waals surface area contributed by atoms with E-state index in [1.54, 1.807) is 31.5 Å². The standard InChI is InChI=1S/C16H19N3O2/c1-19(9-6-10-21-2)16(20)14-11-17-15(18-12-14)13-7-4-3-5-8-13/h3-5,7-8,11-12H,6,9-10H2,1-2H3. The predicted molar refractivity (Wildman–Crippen MR) is 80.9 cm³/mol. The van der Waals surface area contributed by atoms with Gasteiger partial charge in [-0.1, -0.05) is 30.3 Å². The zero-order chi connectivity index (χ0) is 15.1. The number of methoxy groups -OCH3 is 1. The van der Waals surface area contributed by atoms with E-state index in [0.29, 0.717) is 24.5 Å². The van der Waals surface area contributed by atoms with Gasteiger partial charge < -0.3 is 9.64 Å². The van der Waals surface area contributed by atoms with E-state index in [1.165, 1.54) is 0 Å². The van der Waals surface area contributed by atoms with Crippen molar-refractivity contribution in [2.45, 2.75) is 6.42 Å². The molecule has 1 aromatic heterocycles. The maximum absolute atomic E-state index is 12.2. The summed E-state index contributed by atoms with van der Waals surface area (Å²) in [6.45, 7) is 1.29. The van der Waals surface area contributed by atoms with Gasteiger partial charge in [-0.25, -0.2) is 9.97 Å². The van der Waals surface area contributed by atoms with Crippen LogP contribution in [0.25, 0.3) is 11.4 Å². The number of carbonyl (C=O) groups excluding carboxylic acids is 1. The average molecular weight is 285 g/mol. The number of hydrogen-bond acceptors (Lipinski definition) is 4. The maximum atomic E-state index is 12.2. The summed E-state index contributed by atoms with van der Waals surface area (Å²) in [6.07, 6.45) is 3.96. The number of hydrogen-bond donors (Lipinski definition) is 0. The number of aromatic nitrogens is 2. The fourth-order valence-corrected chi connectivity index (χ4v) is 1.94. The van der Waals surface area contributed by atoms with E-state index in [4.69, 9.17) is 4.74 Å². The molecule has 0 bridgehead atoms. The zero-order valence-corrected chi connectivity index (χ0v) is 12.3. The minimum atomic E-state index is -0.0780. The molecule has 0 aliphatic heterocycles. The van der Waals surface area contributed by atoms with Gasteiger partial charge in [-0.2, -0.15) is 0 Å². The van der Waals surface area contributed by atoms with E-state index < -0.39 is 0 Å². The van der Waals surface area contributed by atoms with Gasteiger partial charge in [-0.15, -0.1) is 0 Å². The Bertz CT molecular complexity index is 570. The first kappa shape index (κ1) is 15.1. The van der Waals surface area contributed by atoms with Crippen molar-refractivity contribution in [1.29, 1.82) is 0 Å². The lowest BCUT2D eigenvalue weighted by Gasteiger charge is -2.16. The first-order chi connectivity index (χ1) is 10.2. The molecule has 1 aromatic carbocycles. The molecule has 0 saturated carbocycles. The molecule has 1 amide bonds. The molecule has 0 saturated heterocycles. The third-order valence-electron chi connectivity index (χ3n) is 3.12. The Morgan fingerprint density at radius 1 is 1.19 bits per heavy atom. The molecule has 110 valence electrons. The summed E-state index contributed by atoms with van der Waals surface area (Å²) in [5.41, 5.74) is 1.43. The van der Waals surface area contributed by atoms with Gasteiger partial charge in [0.25, 0.3) is 5.91 Å². The van der Waals surface area contributed by atoms with Gasteiger partial charge in [0.1, 0.15) is 0 Å². The number of carbonyl (C=O) groups is 1. The number of nitrogens with zero attached hydrogens (tertiary/aromatic N) is 3. The van der Waals surface area contributed by atoms with E-state index in [0.717, 1.165) is 12.0 Å². The molecule has 0 N–H and O–H groups in total. The van der Waals surface area contributed by atoms with Crippen molar-refractivity contribution in [3.05, 3.63) is 48.3 Å². The highest BCUT2D eigenvalue weighted by molar-refractivity contribution is 5.93. The first-order valence-corrected chi connectivity index (χ1v) is 6.84. The third-order valence-corrected chi connectivity index (χ3v) is 3.12. The van der Waals surface area contributed by atoms with Gasteiger partial charge in [0, 0.05) is 45.3 Å². The molecule has 0 fully saturated rings. The van der Waals surface area contributed by atoms with Crippen molar-refractivity contribution in [3.63, 3.8) is 0 Å². The van der Waals surface area contributed by atoms with Crippen molar-refractivity contribution in [2.24, 2.45) is 0 Å². The fraction of sp³-hybridized carbons (Fsp3) is 0.312. The summed E-state index contributed by atoms with van der Waals surface area (Å²) < 4.78 is 4.98. The van der Waals surface area contributed by atoms with Crippen molar-refractivity contribution < 1.29 is 9.53 Å². The number of rotatable bonds is 6. The highest BCUT2D eigenvalue weighted by Crippen LogP contribution is 2.13.